The van der Waals surface area contributed by atoms with Crippen molar-refractivity contribution in [1.29, 1.82) is 0 Å². The number of ether oxygens (including phenoxy) is 2. The second-order valence-electron chi connectivity index (χ2n) is 8.54. The first-order valence-corrected chi connectivity index (χ1v) is 12.6. The van der Waals surface area contributed by atoms with E-state index in [1.165, 1.54) is 0 Å². The summed E-state index contributed by atoms with van der Waals surface area (Å²) in [4.78, 5) is 28.8. The van der Waals surface area contributed by atoms with E-state index in [4.69, 9.17) is 9.47 Å². The average Bonchev–Trinajstić information content (AvgIpc) is 3.35. The average molecular weight is 491 g/mol. The van der Waals surface area contributed by atoms with Crippen LogP contribution in [-0.4, -0.2) is 53.4 Å². The minimum Gasteiger partial charge on any atom is -0.478 e. The van der Waals surface area contributed by atoms with E-state index in [2.05, 4.69) is 0 Å². The van der Waals surface area contributed by atoms with Crippen molar-refractivity contribution >= 4 is 29.4 Å². The minimum absolute atomic E-state index is 0.0481. The Morgan fingerprint density at radius 2 is 1.74 bits per heavy atom. The first-order chi connectivity index (χ1) is 17.0. The molecule has 3 aromatic carbocycles. The molecule has 0 bridgehead atoms. The number of hydrogen-bond acceptors (Lipinski definition) is 5. The number of carboxylic acid groups (broad SMARTS) is 1. The van der Waals surface area contributed by atoms with E-state index in [1.54, 1.807) is 24.0 Å². The van der Waals surface area contributed by atoms with Gasteiger partial charge >= 0.3 is 12.0 Å². The predicted octanol–water partition coefficient (Wildman–Crippen LogP) is 5.26. The van der Waals surface area contributed by atoms with Gasteiger partial charge in [0.25, 0.3) is 0 Å². The van der Waals surface area contributed by atoms with E-state index < -0.39 is 5.97 Å². The van der Waals surface area contributed by atoms with E-state index >= 15 is 0 Å². The fourth-order valence-corrected chi connectivity index (χ4v) is 5.27. The van der Waals surface area contributed by atoms with Gasteiger partial charge in [0, 0.05) is 30.3 Å². The Bertz CT molecular complexity index is 1270. The second-order valence-corrected chi connectivity index (χ2v) is 9.77. The number of amides is 2. The van der Waals surface area contributed by atoms with Gasteiger partial charge in [-0.1, -0.05) is 30.3 Å². The summed E-state index contributed by atoms with van der Waals surface area (Å²) < 4.78 is 11.0. The molecule has 1 saturated heterocycles. The number of anilines is 1. The van der Waals surface area contributed by atoms with Crippen molar-refractivity contribution < 1.29 is 24.2 Å². The standard InChI is InChI=1S/C27H26N2O5S/c1-18-13-19(5-7-23(18)26(30)31)16-29(27(32)28-9-11-35-12-10-28)22-4-2-3-20(14-22)21-6-8-24-25(15-21)34-17-33-24/h2-8,13-15H,9-12,16-17H2,1H3,(H,30,31). The number of aryl methyl sites for hydroxylation is 1. The molecule has 0 unspecified atom stereocenters. The van der Waals surface area contributed by atoms with Crippen molar-refractivity contribution in [3.8, 4) is 22.6 Å². The van der Waals surface area contributed by atoms with Crippen LogP contribution in [0.5, 0.6) is 11.5 Å². The molecule has 1 fully saturated rings. The van der Waals surface area contributed by atoms with Crippen LogP contribution in [0.25, 0.3) is 11.1 Å². The Morgan fingerprint density at radius 1 is 0.971 bits per heavy atom. The van der Waals surface area contributed by atoms with Crippen LogP contribution in [0.4, 0.5) is 10.5 Å². The molecule has 0 aromatic heterocycles. The van der Waals surface area contributed by atoms with Gasteiger partial charge in [0.15, 0.2) is 11.5 Å². The third-order valence-electron chi connectivity index (χ3n) is 6.24. The molecule has 2 amide bonds. The van der Waals surface area contributed by atoms with Gasteiger partial charge in [0.2, 0.25) is 6.79 Å². The van der Waals surface area contributed by atoms with Crippen LogP contribution in [0.15, 0.2) is 60.7 Å². The monoisotopic (exact) mass is 490 g/mol. The quantitative estimate of drug-likeness (QED) is 0.525. The molecule has 2 aliphatic rings. The molecule has 0 atom stereocenters. The molecule has 5 rings (SSSR count). The second kappa shape index (κ2) is 9.92. The summed E-state index contributed by atoms with van der Waals surface area (Å²) in [6.45, 7) is 3.75. The lowest BCUT2D eigenvalue weighted by Gasteiger charge is -2.33. The maximum atomic E-state index is 13.7. The van der Waals surface area contributed by atoms with E-state index in [0.29, 0.717) is 30.9 Å². The molecule has 0 saturated carbocycles. The number of urea groups is 1. The number of thioether (sulfide) groups is 1. The Balaban J connectivity index is 1.49. The zero-order valence-electron chi connectivity index (χ0n) is 19.4. The lowest BCUT2D eigenvalue weighted by molar-refractivity contribution is 0.0696. The van der Waals surface area contributed by atoms with Gasteiger partial charge < -0.3 is 19.5 Å². The van der Waals surface area contributed by atoms with Gasteiger partial charge in [-0.3, -0.25) is 4.90 Å². The van der Waals surface area contributed by atoms with Crippen LogP contribution in [0.1, 0.15) is 21.5 Å². The third-order valence-corrected chi connectivity index (χ3v) is 7.18. The Morgan fingerprint density at radius 3 is 2.51 bits per heavy atom. The maximum absolute atomic E-state index is 13.7. The number of fused-ring (bicyclic) bond motifs is 1. The molecule has 3 aromatic rings. The van der Waals surface area contributed by atoms with Crippen molar-refractivity contribution in [1.82, 2.24) is 4.90 Å². The maximum Gasteiger partial charge on any atom is 0.335 e. The number of carbonyl (C=O) groups is 2. The fraction of sp³-hybridized carbons (Fsp3) is 0.259. The number of carbonyl (C=O) groups excluding carboxylic acids is 1. The number of benzene rings is 3. The first-order valence-electron chi connectivity index (χ1n) is 11.5. The summed E-state index contributed by atoms with van der Waals surface area (Å²) in [5.41, 5.74) is 4.53. The SMILES string of the molecule is Cc1cc(CN(C(=O)N2CCSCC2)c2cccc(-c3ccc4c(c3)OCO4)c2)ccc1C(=O)O. The van der Waals surface area contributed by atoms with E-state index in [0.717, 1.165) is 39.6 Å². The molecule has 7 nitrogen and oxygen atoms in total. The van der Waals surface area contributed by atoms with Crippen molar-refractivity contribution in [2.24, 2.45) is 0 Å². The first kappa shape index (κ1) is 23.1. The Labute approximate surface area is 208 Å². The zero-order valence-corrected chi connectivity index (χ0v) is 20.2. The highest BCUT2D eigenvalue weighted by molar-refractivity contribution is 7.99. The molecule has 8 heteroatoms. The molecule has 0 radical (unpaired) electrons. The summed E-state index contributed by atoms with van der Waals surface area (Å²) in [5, 5.41) is 9.38. The van der Waals surface area contributed by atoms with Crippen LogP contribution in [-0.2, 0) is 6.54 Å². The zero-order chi connectivity index (χ0) is 24.4. The summed E-state index contributed by atoms with van der Waals surface area (Å²) in [6, 6.07) is 18.9. The van der Waals surface area contributed by atoms with Crippen LogP contribution in [0.2, 0.25) is 0 Å². The van der Waals surface area contributed by atoms with Gasteiger partial charge in [0.1, 0.15) is 0 Å². The number of rotatable bonds is 5. The van der Waals surface area contributed by atoms with Crippen LogP contribution < -0.4 is 14.4 Å². The molecule has 2 aliphatic heterocycles. The third kappa shape index (κ3) is 4.93. The molecule has 35 heavy (non-hydrogen) atoms. The number of nitrogens with zero attached hydrogens (tertiary/aromatic N) is 2. The van der Waals surface area contributed by atoms with Crippen molar-refractivity contribution in [3.63, 3.8) is 0 Å². The van der Waals surface area contributed by atoms with Gasteiger partial charge in [0.05, 0.1) is 12.1 Å². The molecular formula is C27H26N2O5S. The van der Waals surface area contributed by atoms with E-state index in [9.17, 15) is 14.7 Å². The molecular weight excluding hydrogens is 464 g/mol. The summed E-state index contributed by atoms with van der Waals surface area (Å²) in [7, 11) is 0. The number of carboxylic acids is 1. The van der Waals surface area contributed by atoms with E-state index in [-0.39, 0.29) is 18.4 Å². The number of aromatic carboxylic acids is 1. The summed E-state index contributed by atoms with van der Waals surface area (Å²) >= 11 is 1.85. The smallest absolute Gasteiger partial charge is 0.335 e. The van der Waals surface area contributed by atoms with Crippen molar-refractivity contribution in [3.05, 3.63) is 77.4 Å². The molecule has 2 heterocycles. The minimum atomic E-state index is -0.954. The fourth-order valence-electron chi connectivity index (χ4n) is 4.37. The lowest BCUT2D eigenvalue weighted by atomic mass is 10.0. The summed E-state index contributed by atoms with van der Waals surface area (Å²) in [6.07, 6.45) is 0. The van der Waals surface area contributed by atoms with Crippen LogP contribution in [0.3, 0.4) is 0 Å². The highest BCUT2D eigenvalue weighted by atomic mass is 32.2. The van der Waals surface area contributed by atoms with E-state index in [1.807, 2.05) is 65.2 Å². The normalized spacial score (nSPS) is 14.6. The lowest BCUT2D eigenvalue weighted by Crippen LogP contribution is -2.46. The van der Waals surface area contributed by atoms with Crippen molar-refractivity contribution in [2.45, 2.75) is 13.5 Å². The van der Waals surface area contributed by atoms with Crippen LogP contribution >= 0.6 is 11.8 Å². The molecule has 180 valence electrons. The largest absolute Gasteiger partial charge is 0.478 e. The highest BCUT2D eigenvalue weighted by Gasteiger charge is 2.25. The number of hydrogen-bond donors (Lipinski definition) is 1. The van der Waals surface area contributed by atoms with Crippen molar-refractivity contribution in [2.75, 3.05) is 36.3 Å². The van der Waals surface area contributed by atoms with Gasteiger partial charge in [-0.15, -0.1) is 0 Å². The Hall–Kier alpha value is -3.65. The van der Waals surface area contributed by atoms with Gasteiger partial charge in [-0.25, -0.2) is 9.59 Å². The van der Waals surface area contributed by atoms with Gasteiger partial charge in [-0.2, -0.15) is 11.8 Å². The van der Waals surface area contributed by atoms with Crippen LogP contribution in [0, 0.1) is 6.92 Å². The topological polar surface area (TPSA) is 79.3 Å². The molecule has 1 N–H and O–H groups in total. The molecule has 0 spiro atoms. The molecule has 0 aliphatic carbocycles. The highest BCUT2D eigenvalue weighted by Crippen LogP contribution is 2.37. The predicted molar refractivity (Wildman–Crippen MR) is 137 cm³/mol. The summed E-state index contributed by atoms with van der Waals surface area (Å²) in [5.74, 6) is 2.32. The Kier molecular flexibility index (Phi) is 6.55. The van der Waals surface area contributed by atoms with Gasteiger partial charge in [-0.05, 0) is 59.5 Å².